The molecule has 0 bridgehead atoms. The molecule has 0 aliphatic heterocycles. The zero-order valence-electron chi connectivity index (χ0n) is 36.7. The maximum Gasteiger partial charge on any atom is 0.0541 e. The largest absolute Gasteiger partial charge is 0.309 e. The second kappa shape index (κ2) is 14.8. The number of aromatic nitrogens is 2. The highest BCUT2D eigenvalue weighted by Gasteiger charge is 2.24. The van der Waals surface area contributed by atoms with Gasteiger partial charge in [-0.3, -0.25) is 0 Å². The summed E-state index contributed by atoms with van der Waals surface area (Å²) in [5, 5.41) is 5.06. The topological polar surface area (TPSA) is 9.86 Å². The average Bonchev–Trinajstić information content (AvgIpc) is 3.87. The number of hydrogen-bond acceptors (Lipinski definition) is 0. The minimum Gasteiger partial charge on any atom is -0.309 e. The molecule has 2 aromatic heterocycles. The number of fused-ring (bicyclic) bond motifs is 7. The molecule has 0 saturated carbocycles. The summed E-state index contributed by atoms with van der Waals surface area (Å²) in [6.07, 6.45) is 10.9. The first kappa shape index (κ1) is 37.4. The van der Waals surface area contributed by atoms with Gasteiger partial charge in [0.2, 0.25) is 0 Å². The van der Waals surface area contributed by atoms with Crippen LogP contribution >= 0.6 is 0 Å². The molecule has 1 unspecified atom stereocenters. The van der Waals surface area contributed by atoms with Gasteiger partial charge in [-0.1, -0.05) is 151 Å². The standard InChI is InChI=1S/C64H46N2/c1-3-19-61-57(17-1)59-39-53(45-11-5-9-43(33-45)51-27-23-41-21-25-49(41)35-51)29-31-63(59)65(61)55-15-7-13-47(37-55)48-14-8-16-56(38-48)66-62-20-4-2-18-58(62)60-40-54(30-32-64(60)66)46-12-6-10-44(34-46)52-28-24-42-22-26-50(42)36-52/h1-20,23-24,27-35,37-40,52H,21-22,25-26,36H2. The van der Waals surface area contributed by atoms with Crippen molar-refractivity contribution in [3.63, 3.8) is 0 Å². The first-order chi connectivity index (χ1) is 32.7. The third-order valence-electron chi connectivity index (χ3n) is 15.1. The number of hydrogen-bond donors (Lipinski definition) is 0. The normalized spacial score (nSPS) is 15.3. The van der Waals surface area contributed by atoms with Gasteiger partial charge in [0.25, 0.3) is 0 Å². The third-order valence-corrected chi connectivity index (χ3v) is 15.1. The Kier molecular flexibility index (Phi) is 8.40. The van der Waals surface area contributed by atoms with Crippen LogP contribution in [0.2, 0.25) is 0 Å². The van der Waals surface area contributed by atoms with Crippen LogP contribution in [0.15, 0.2) is 223 Å². The van der Waals surface area contributed by atoms with Gasteiger partial charge < -0.3 is 9.13 Å². The van der Waals surface area contributed by atoms with Gasteiger partial charge in [0, 0.05) is 38.8 Å². The Morgan fingerprint density at radius 3 is 1.39 bits per heavy atom. The van der Waals surface area contributed by atoms with E-state index in [0.717, 1.165) is 11.4 Å². The third kappa shape index (κ3) is 6.02. The summed E-state index contributed by atoms with van der Waals surface area (Å²) in [4.78, 5) is 0. The summed E-state index contributed by atoms with van der Waals surface area (Å²) in [6, 6.07) is 75.2. The Labute approximate surface area is 385 Å². The van der Waals surface area contributed by atoms with Gasteiger partial charge in [-0.2, -0.15) is 0 Å². The molecule has 0 fully saturated rings. The van der Waals surface area contributed by atoms with Crippen molar-refractivity contribution >= 4 is 43.6 Å². The lowest BCUT2D eigenvalue weighted by molar-refractivity contribution is 0.684. The number of nitrogens with zero attached hydrogens (tertiary/aromatic N) is 2. The van der Waals surface area contributed by atoms with E-state index in [9.17, 15) is 0 Å². The predicted octanol–water partition coefficient (Wildman–Crippen LogP) is 16.8. The molecule has 2 nitrogen and oxygen atoms in total. The van der Waals surface area contributed by atoms with Crippen molar-refractivity contribution in [3.8, 4) is 55.9 Å². The summed E-state index contributed by atoms with van der Waals surface area (Å²) < 4.78 is 4.88. The van der Waals surface area contributed by atoms with Crippen LogP contribution in [0.25, 0.3) is 99.5 Å². The van der Waals surface area contributed by atoms with Crippen molar-refractivity contribution < 1.29 is 0 Å². The van der Waals surface area contributed by atoms with E-state index in [1.54, 1.807) is 11.1 Å². The van der Waals surface area contributed by atoms with Crippen molar-refractivity contribution in [3.05, 3.63) is 240 Å². The maximum absolute atomic E-state index is 2.44. The lowest BCUT2D eigenvalue weighted by Gasteiger charge is -2.29. The van der Waals surface area contributed by atoms with Gasteiger partial charge in [0.15, 0.2) is 0 Å². The average molecular weight is 843 g/mol. The van der Waals surface area contributed by atoms with Crippen LogP contribution < -0.4 is 0 Å². The Hall–Kier alpha value is -7.94. The van der Waals surface area contributed by atoms with Crippen LogP contribution in [0.3, 0.4) is 0 Å². The van der Waals surface area contributed by atoms with Gasteiger partial charge in [0.1, 0.15) is 0 Å². The molecule has 1 atom stereocenters. The Bertz CT molecular complexity index is 3870. The molecule has 0 spiro atoms. The fraction of sp³-hybridized carbons (Fsp3) is 0.0938. The lowest BCUT2D eigenvalue weighted by atomic mass is 9.76. The highest BCUT2D eigenvalue weighted by Crippen LogP contribution is 2.43. The lowest BCUT2D eigenvalue weighted by Crippen LogP contribution is -2.11. The quantitative estimate of drug-likeness (QED) is 0.151. The molecule has 0 amide bonds. The van der Waals surface area contributed by atoms with Crippen LogP contribution in [0, 0.1) is 0 Å². The number of rotatable bonds is 7. The van der Waals surface area contributed by atoms with Gasteiger partial charge in [-0.25, -0.2) is 0 Å². The van der Waals surface area contributed by atoms with Crippen LogP contribution in [-0.4, -0.2) is 9.13 Å². The molecular weight excluding hydrogens is 797 g/mol. The second-order valence-electron chi connectivity index (χ2n) is 18.8. The van der Waals surface area contributed by atoms with Crippen molar-refractivity contribution in [2.24, 2.45) is 0 Å². The fourth-order valence-electron chi connectivity index (χ4n) is 11.4. The molecule has 9 aromatic carbocycles. The highest BCUT2D eigenvalue weighted by molar-refractivity contribution is 6.12. The molecule has 312 valence electrons. The van der Waals surface area contributed by atoms with E-state index >= 15 is 0 Å². The number of allylic oxidation sites excluding steroid dienone is 4. The Balaban J connectivity index is 0.820. The Morgan fingerprint density at radius 2 is 0.833 bits per heavy atom. The van der Waals surface area contributed by atoms with Gasteiger partial charge in [-0.15, -0.1) is 0 Å². The fourth-order valence-corrected chi connectivity index (χ4v) is 11.4. The summed E-state index contributed by atoms with van der Waals surface area (Å²) >= 11 is 0. The minimum absolute atomic E-state index is 0.461. The molecule has 0 radical (unpaired) electrons. The van der Waals surface area contributed by atoms with Gasteiger partial charge in [-0.05, 0) is 166 Å². The van der Waals surface area contributed by atoms with Crippen molar-refractivity contribution in [2.75, 3.05) is 0 Å². The summed E-state index contributed by atoms with van der Waals surface area (Å²) in [6.45, 7) is 0. The van der Waals surface area contributed by atoms with E-state index in [1.165, 1.54) is 137 Å². The smallest absolute Gasteiger partial charge is 0.0541 e. The molecule has 2 heteroatoms. The molecule has 3 aliphatic carbocycles. The van der Waals surface area contributed by atoms with Gasteiger partial charge >= 0.3 is 0 Å². The molecule has 0 saturated heterocycles. The van der Waals surface area contributed by atoms with Crippen LogP contribution in [0.4, 0.5) is 0 Å². The molecule has 11 aromatic rings. The zero-order chi connectivity index (χ0) is 43.3. The molecule has 3 aliphatic rings. The minimum atomic E-state index is 0.461. The molecule has 0 N–H and O–H groups in total. The van der Waals surface area contributed by atoms with Crippen molar-refractivity contribution in [2.45, 2.75) is 38.0 Å². The molecule has 2 heterocycles. The molecule has 66 heavy (non-hydrogen) atoms. The predicted molar refractivity (Wildman–Crippen MR) is 277 cm³/mol. The van der Waals surface area contributed by atoms with Crippen LogP contribution in [-0.2, 0) is 12.8 Å². The SMILES string of the molecule is C1=CC(c2cccc(-c3ccc4c(c3)c3ccccc3n4-c3cccc(-c4cccc(-n5c6ccccc6c6cc(-c7cccc(-c8ccc9c(c8)CC9)c7)ccc65)c4)c3)c2)CC2=C1CC2. The summed E-state index contributed by atoms with van der Waals surface area (Å²) in [7, 11) is 0. The van der Waals surface area contributed by atoms with E-state index in [0.29, 0.717) is 5.92 Å². The first-order valence-corrected chi connectivity index (χ1v) is 23.7. The number of aryl methyl sites for hydroxylation is 2. The van der Waals surface area contributed by atoms with Crippen molar-refractivity contribution in [1.82, 2.24) is 9.13 Å². The summed E-state index contributed by atoms with van der Waals surface area (Å²) in [5.74, 6) is 0.461. The Morgan fingerprint density at radius 1 is 0.333 bits per heavy atom. The van der Waals surface area contributed by atoms with Crippen LogP contribution in [0.1, 0.15) is 41.9 Å². The first-order valence-electron chi connectivity index (χ1n) is 23.7. The van der Waals surface area contributed by atoms with E-state index in [2.05, 4.69) is 221 Å². The van der Waals surface area contributed by atoms with E-state index in [1.807, 2.05) is 0 Å². The number of benzene rings is 9. The van der Waals surface area contributed by atoms with Crippen LogP contribution in [0.5, 0.6) is 0 Å². The summed E-state index contributed by atoms with van der Waals surface area (Å²) in [5.41, 5.74) is 24.7. The monoisotopic (exact) mass is 842 g/mol. The maximum atomic E-state index is 2.44. The molecule has 14 rings (SSSR count). The van der Waals surface area contributed by atoms with E-state index in [4.69, 9.17) is 0 Å². The van der Waals surface area contributed by atoms with Crippen molar-refractivity contribution in [1.29, 1.82) is 0 Å². The van der Waals surface area contributed by atoms with E-state index in [-0.39, 0.29) is 0 Å². The van der Waals surface area contributed by atoms with E-state index < -0.39 is 0 Å². The number of para-hydroxylation sites is 2. The highest BCUT2D eigenvalue weighted by atomic mass is 15.0. The molecular formula is C64H46N2. The second-order valence-corrected chi connectivity index (χ2v) is 18.8. The zero-order valence-corrected chi connectivity index (χ0v) is 36.7. The van der Waals surface area contributed by atoms with Gasteiger partial charge in [0.05, 0.1) is 22.1 Å².